The number of pyridine rings is 1. The van der Waals surface area contributed by atoms with Gasteiger partial charge in [0, 0.05) is 17.2 Å². The third-order valence-electron chi connectivity index (χ3n) is 2.87. The molecule has 2 aromatic rings. The van der Waals surface area contributed by atoms with E-state index < -0.39 is 10.0 Å². The van der Waals surface area contributed by atoms with Gasteiger partial charge in [-0.1, -0.05) is 25.1 Å². The van der Waals surface area contributed by atoms with E-state index in [9.17, 15) is 8.42 Å². The van der Waals surface area contributed by atoms with Crippen LogP contribution in [0, 0.1) is 0 Å². The Morgan fingerprint density at radius 2 is 1.85 bits per heavy atom. The predicted octanol–water partition coefficient (Wildman–Crippen LogP) is 3.05. The first kappa shape index (κ1) is 15.2. The molecule has 1 heterocycles. The molecule has 4 nitrogen and oxygen atoms in total. The summed E-state index contributed by atoms with van der Waals surface area (Å²) in [5, 5.41) is 0. The standard InChI is InChI=1S/C14H15BrN2O2S/c1-2-17(11-12-7-5-6-10-16-12)20(18,19)14-9-4-3-8-13(14)15/h3-10H,2,11H2,1H3. The fourth-order valence-corrected chi connectivity index (χ4v) is 4.22. The minimum Gasteiger partial charge on any atom is -0.260 e. The third-order valence-corrected chi connectivity index (χ3v) is 5.80. The number of nitrogens with zero attached hydrogens (tertiary/aromatic N) is 2. The number of sulfonamides is 1. The molecule has 0 bridgehead atoms. The van der Waals surface area contributed by atoms with Crippen molar-refractivity contribution >= 4 is 26.0 Å². The van der Waals surface area contributed by atoms with Crippen molar-refractivity contribution in [1.82, 2.24) is 9.29 Å². The fraction of sp³-hybridized carbons (Fsp3) is 0.214. The van der Waals surface area contributed by atoms with Gasteiger partial charge in [0.15, 0.2) is 0 Å². The van der Waals surface area contributed by atoms with Crippen molar-refractivity contribution in [3.05, 3.63) is 58.8 Å². The van der Waals surface area contributed by atoms with Crippen LogP contribution in [0.3, 0.4) is 0 Å². The van der Waals surface area contributed by atoms with Gasteiger partial charge in [-0.2, -0.15) is 4.31 Å². The molecule has 0 atom stereocenters. The van der Waals surface area contributed by atoms with Gasteiger partial charge in [-0.15, -0.1) is 0 Å². The lowest BCUT2D eigenvalue weighted by molar-refractivity contribution is 0.419. The number of aromatic nitrogens is 1. The summed E-state index contributed by atoms with van der Waals surface area (Å²) < 4.78 is 27.3. The molecule has 0 aliphatic carbocycles. The molecule has 0 saturated heterocycles. The van der Waals surface area contributed by atoms with E-state index in [1.54, 1.807) is 30.5 Å². The van der Waals surface area contributed by atoms with Gasteiger partial charge < -0.3 is 0 Å². The van der Waals surface area contributed by atoms with E-state index in [1.807, 2.05) is 25.1 Å². The zero-order valence-corrected chi connectivity index (χ0v) is 13.4. The van der Waals surface area contributed by atoms with Gasteiger partial charge in [0.25, 0.3) is 0 Å². The number of benzene rings is 1. The number of hydrogen-bond acceptors (Lipinski definition) is 3. The molecule has 0 saturated carbocycles. The molecule has 0 radical (unpaired) electrons. The summed E-state index contributed by atoms with van der Waals surface area (Å²) in [5.74, 6) is 0. The van der Waals surface area contributed by atoms with Crippen LogP contribution in [0.4, 0.5) is 0 Å². The summed E-state index contributed by atoms with van der Waals surface area (Å²) in [6, 6.07) is 12.3. The number of halogens is 1. The summed E-state index contributed by atoms with van der Waals surface area (Å²) in [4.78, 5) is 4.45. The Morgan fingerprint density at radius 1 is 1.15 bits per heavy atom. The summed E-state index contributed by atoms with van der Waals surface area (Å²) in [6.45, 7) is 2.47. The van der Waals surface area contributed by atoms with Crippen LogP contribution in [-0.4, -0.2) is 24.3 Å². The quantitative estimate of drug-likeness (QED) is 0.828. The maximum absolute atomic E-state index is 12.7. The Morgan fingerprint density at radius 3 is 2.45 bits per heavy atom. The van der Waals surface area contributed by atoms with E-state index in [0.717, 1.165) is 5.69 Å². The molecule has 6 heteroatoms. The van der Waals surface area contributed by atoms with Gasteiger partial charge in [0.1, 0.15) is 0 Å². The monoisotopic (exact) mass is 354 g/mol. The van der Waals surface area contributed by atoms with Crippen LogP contribution in [0.25, 0.3) is 0 Å². The Balaban J connectivity index is 2.34. The normalized spacial score (nSPS) is 11.8. The van der Waals surface area contributed by atoms with E-state index in [0.29, 0.717) is 11.0 Å². The average molecular weight is 355 g/mol. The largest absolute Gasteiger partial charge is 0.260 e. The van der Waals surface area contributed by atoms with Crippen molar-refractivity contribution in [3.63, 3.8) is 0 Å². The average Bonchev–Trinajstić information content (AvgIpc) is 2.46. The molecular weight excluding hydrogens is 340 g/mol. The van der Waals surface area contributed by atoms with E-state index in [1.165, 1.54) is 4.31 Å². The van der Waals surface area contributed by atoms with Crippen molar-refractivity contribution < 1.29 is 8.42 Å². The highest BCUT2D eigenvalue weighted by Gasteiger charge is 2.25. The second kappa shape index (κ2) is 6.47. The topological polar surface area (TPSA) is 50.3 Å². The van der Waals surface area contributed by atoms with E-state index >= 15 is 0 Å². The van der Waals surface area contributed by atoms with E-state index in [4.69, 9.17) is 0 Å². The Labute approximate surface area is 127 Å². The summed E-state index contributed by atoms with van der Waals surface area (Å²) in [7, 11) is -3.53. The zero-order valence-electron chi connectivity index (χ0n) is 11.0. The summed E-state index contributed by atoms with van der Waals surface area (Å²) in [5.41, 5.74) is 0.727. The molecule has 106 valence electrons. The molecule has 0 aliphatic rings. The van der Waals surface area contributed by atoms with Crippen LogP contribution < -0.4 is 0 Å². The highest BCUT2D eigenvalue weighted by atomic mass is 79.9. The minimum atomic E-state index is -3.53. The Hall–Kier alpha value is -1.24. The van der Waals surface area contributed by atoms with Crippen LogP contribution in [0.5, 0.6) is 0 Å². The first-order valence-corrected chi connectivity index (χ1v) is 8.43. The molecule has 1 aromatic carbocycles. The zero-order chi connectivity index (χ0) is 14.6. The van der Waals surface area contributed by atoms with Crippen LogP contribution in [-0.2, 0) is 16.6 Å². The molecule has 20 heavy (non-hydrogen) atoms. The number of hydrogen-bond donors (Lipinski definition) is 0. The van der Waals surface area contributed by atoms with Gasteiger partial charge in [-0.3, -0.25) is 4.98 Å². The van der Waals surface area contributed by atoms with Crippen molar-refractivity contribution in [2.75, 3.05) is 6.54 Å². The molecule has 0 unspecified atom stereocenters. The summed E-state index contributed by atoms with van der Waals surface area (Å²) >= 11 is 3.29. The lowest BCUT2D eigenvalue weighted by Crippen LogP contribution is -2.31. The first-order valence-electron chi connectivity index (χ1n) is 6.20. The van der Waals surface area contributed by atoms with Crippen LogP contribution in [0.15, 0.2) is 58.0 Å². The van der Waals surface area contributed by atoms with Crippen LogP contribution in [0.1, 0.15) is 12.6 Å². The molecule has 0 spiro atoms. The maximum atomic E-state index is 12.7. The third kappa shape index (κ3) is 3.26. The Kier molecular flexibility index (Phi) is 4.91. The predicted molar refractivity (Wildman–Crippen MR) is 81.6 cm³/mol. The minimum absolute atomic E-state index is 0.265. The molecule has 0 fully saturated rings. The summed E-state index contributed by atoms with van der Waals surface area (Å²) in [6.07, 6.45) is 1.66. The van der Waals surface area contributed by atoms with Crippen LogP contribution in [0.2, 0.25) is 0 Å². The number of rotatable bonds is 5. The second-order valence-corrected chi connectivity index (χ2v) is 6.94. The molecule has 0 N–H and O–H groups in total. The van der Waals surface area contributed by atoms with Gasteiger partial charge in [0.05, 0.1) is 17.1 Å². The molecule has 0 amide bonds. The lowest BCUT2D eigenvalue weighted by Gasteiger charge is -2.20. The second-order valence-electron chi connectivity index (χ2n) is 4.18. The van der Waals surface area contributed by atoms with Gasteiger partial charge in [0.2, 0.25) is 10.0 Å². The van der Waals surface area contributed by atoms with E-state index in [-0.39, 0.29) is 11.4 Å². The van der Waals surface area contributed by atoms with Gasteiger partial charge in [-0.25, -0.2) is 8.42 Å². The van der Waals surface area contributed by atoms with Crippen LogP contribution >= 0.6 is 15.9 Å². The first-order chi connectivity index (χ1) is 9.55. The van der Waals surface area contributed by atoms with Crippen molar-refractivity contribution in [2.24, 2.45) is 0 Å². The highest BCUT2D eigenvalue weighted by Crippen LogP contribution is 2.25. The molecular formula is C14H15BrN2O2S. The smallest absolute Gasteiger partial charge is 0.244 e. The fourth-order valence-electron chi connectivity index (χ4n) is 1.83. The maximum Gasteiger partial charge on any atom is 0.244 e. The molecule has 2 rings (SSSR count). The van der Waals surface area contributed by atoms with Gasteiger partial charge >= 0.3 is 0 Å². The SMILES string of the molecule is CCN(Cc1ccccn1)S(=O)(=O)c1ccccc1Br. The molecule has 0 aliphatic heterocycles. The molecule has 1 aromatic heterocycles. The van der Waals surface area contributed by atoms with Gasteiger partial charge in [-0.05, 0) is 40.2 Å². The highest BCUT2D eigenvalue weighted by molar-refractivity contribution is 9.10. The van der Waals surface area contributed by atoms with Crippen molar-refractivity contribution in [1.29, 1.82) is 0 Å². The lowest BCUT2D eigenvalue weighted by atomic mass is 10.3. The Bertz CT molecular complexity index is 675. The van der Waals surface area contributed by atoms with E-state index in [2.05, 4.69) is 20.9 Å². The van der Waals surface area contributed by atoms with Crippen molar-refractivity contribution in [2.45, 2.75) is 18.4 Å². The van der Waals surface area contributed by atoms with Crippen molar-refractivity contribution in [3.8, 4) is 0 Å².